The number of nitrogens with one attached hydrogen (secondary N) is 1. The summed E-state index contributed by atoms with van der Waals surface area (Å²) in [5, 5.41) is 7.07. The van der Waals surface area contributed by atoms with E-state index in [9.17, 15) is 9.59 Å². The number of benzene rings is 2. The molecule has 6 nitrogen and oxygen atoms in total. The Morgan fingerprint density at radius 2 is 1.77 bits per heavy atom. The van der Waals surface area contributed by atoms with E-state index >= 15 is 0 Å². The number of hydrogen-bond donors (Lipinski definition) is 1. The van der Waals surface area contributed by atoms with Gasteiger partial charge in [-0.15, -0.1) is 0 Å². The van der Waals surface area contributed by atoms with Gasteiger partial charge in [-0.3, -0.25) is 4.79 Å². The first-order valence-corrected chi connectivity index (χ1v) is 9.06. The molecule has 0 aliphatic carbocycles. The zero-order valence-electron chi connectivity index (χ0n) is 14.0. The van der Waals surface area contributed by atoms with Crippen LogP contribution in [-0.2, 0) is 4.74 Å². The fourth-order valence-electron chi connectivity index (χ4n) is 2.41. The van der Waals surface area contributed by atoms with E-state index in [1.54, 1.807) is 19.1 Å². The summed E-state index contributed by atoms with van der Waals surface area (Å²) in [5.41, 5.74) is 1.44. The highest BCUT2D eigenvalue weighted by molar-refractivity contribution is 14.1. The molecule has 1 amide bonds. The minimum Gasteiger partial charge on any atom is -0.462 e. The van der Waals surface area contributed by atoms with Crippen LogP contribution in [0.3, 0.4) is 0 Å². The molecule has 0 fully saturated rings. The zero-order valence-corrected chi connectivity index (χ0v) is 16.1. The summed E-state index contributed by atoms with van der Waals surface area (Å²) in [6.07, 6.45) is 1.40. The number of carbonyl (C=O) groups is 2. The van der Waals surface area contributed by atoms with E-state index in [0.29, 0.717) is 5.56 Å². The highest BCUT2D eigenvalue weighted by Crippen LogP contribution is 2.23. The van der Waals surface area contributed by atoms with Crippen LogP contribution in [0.1, 0.15) is 27.6 Å². The lowest BCUT2D eigenvalue weighted by molar-refractivity contribution is 0.0527. The molecule has 0 atom stereocenters. The number of para-hydroxylation sites is 1. The van der Waals surface area contributed by atoms with E-state index < -0.39 is 5.97 Å². The predicted molar refractivity (Wildman–Crippen MR) is 107 cm³/mol. The molecule has 2 aromatic carbocycles. The van der Waals surface area contributed by atoms with Gasteiger partial charge < -0.3 is 10.1 Å². The van der Waals surface area contributed by atoms with Crippen LogP contribution in [0.15, 0.2) is 60.8 Å². The highest BCUT2D eigenvalue weighted by Gasteiger charge is 2.22. The average Bonchev–Trinajstić information content (AvgIpc) is 3.06. The number of esters is 1. The summed E-state index contributed by atoms with van der Waals surface area (Å²) in [5.74, 6) is -0.578. The summed E-state index contributed by atoms with van der Waals surface area (Å²) >= 11 is 2.10. The maximum Gasteiger partial charge on any atom is 0.343 e. The van der Waals surface area contributed by atoms with Crippen molar-refractivity contribution in [1.29, 1.82) is 0 Å². The quantitative estimate of drug-likeness (QED) is 0.462. The third kappa shape index (κ3) is 3.77. The highest BCUT2D eigenvalue weighted by atomic mass is 127. The van der Waals surface area contributed by atoms with Crippen molar-refractivity contribution in [2.45, 2.75) is 6.92 Å². The van der Waals surface area contributed by atoms with Crippen molar-refractivity contribution in [1.82, 2.24) is 9.78 Å². The third-order valence-corrected chi connectivity index (χ3v) is 4.56. The number of amides is 1. The van der Waals surface area contributed by atoms with E-state index in [0.717, 1.165) is 9.26 Å². The van der Waals surface area contributed by atoms with Crippen LogP contribution < -0.4 is 5.32 Å². The third-order valence-electron chi connectivity index (χ3n) is 3.62. The van der Waals surface area contributed by atoms with E-state index in [1.807, 2.05) is 42.5 Å². The molecule has 0 bridgehead atoms. The molecule has 0 saturated heterocycles. The lowest BCUT2D eigenvalue weighted by Gasteiger charge is -2.12. The molecule has 7 heteroatoms. The minimum absolute atomic E-state index is 0.204. The zero-order chi connectivity index (χ0) is 18.5. The lowest BCUT2D eigenvalue weighted by Crippen LogP contribution is -2.19. The molecule has 132 valence electrons. The van der Waals surface area contributed by atoms with Crippen LogP contribution in [0, 0.1) is 3.57 Å². The van der Waals surface area contributed by atoms with E-state index in [4.69, 9.17) is 4.74 Å². The monoisotopic (exact) mass is 461 g/mol. The van der Waals surface area contributed by atoms with Crippen LogP contribution in [0.5, 0.6) is 0 Å². The fourth-order valence-corrected chi connectivity index (χ4v) is 3.04. The summed E-state index contributed by atoms with van der Waals surface area (Å²) in [6, 6.07) is 16.5. The molecule has 26 heavy (non-hydrogen) atoms. The predicted octanol–water partition coefficient (Wildman–Crippen LogP) is 3.91. The second kappa shape index (κ2) is 8.13. The van der Waals surface area contributed by atoms with Gasteiger partial charge in [0, 0.05) is 3.57 Å². The Balaban J connectivity index is 2.03. The van der Waals surface area contributed by atoms with Crippen molar-refractivity contribution in [3.8, 4) is 5.69 Å². The van der Waals surface area contributed by atoms with Crippen LogP contribution >= 0.6 is 22.6 Å². The number of aromatic nitrogens is 2. The Hall–Kier alpha value is -2.68. The van der Waals surface area contributed by atoms with Gasteiger partial charge in [0.1, 0.15) is 5.56 Å². The number of halogens is 1. The normalized spacial score (nSPS) is 10.4. The Morgan fingerprint density at radius 3 is 2.46 bits per heavy atom. The molecule has 0 radical (unpaired) electrons. The van der Waals surface area contributed by atoms with Crippen molar-refractivity contribution >= 4 is 40.3 Å². The first kappa shape index (κ1) is 18.1. The van der Waals surface area contributed by atoms with Crippen LogP contribution in [0.25, 0.3) is 5.69 Å². The van der Waals surface area contributed by atoms with Crippen LogP contribution in [-0.4, -0.2) is 28.3 Å². The van der Waals surface area contributed by atoms with Gasteiger partial charge in [0.25, 0.3) is 5.91 Å². The van der Waals surface area contributed by atoms with Gasteiger partial charge in [-0.2, -0.15) is 5.10 Å². The Labute approximate surface area is 164 Å². The van der Waals surface area contributed by atoms with Crippen LogP contribution in [0.2, 0.25) is 0 Å². The first-order chi connectivity index (χ1) is 12.6. The van der Waals surface area contributed by atoms with Gasteiger partial charge in [-0.25, -0.2) is 9.48 Å². The van der Waals surface area contributed by atoms with Gasteiger partial charge in [0.05, 0.1) is 24.1 Å². The van der Waals surface area contributed by atoms with Gasteiger partial charge >= 0.3 is 5.97 Å². The molecule has 3 aromatic rings. The number of carbonyl (C=O) groups excluding carboxylic acids is 2. The second-order valence-electron chi connectivity index (χ2n) is 5.31. The molecular formula is C19H16IN3O3. The Morgan fingerprint density at radius 1 is 1.08 bits per heavy atom. The summed E-state index contributed by atoms with van der Waals surface area (Å²) < 4.78 is 7.41. The smallest absolute Gasteiger partial charge is 0.343 e. The summed E-state index contributed by atoms with van der Waals surface area (Å²) in [4.78, 5) is 25.0. The number of anilines is 1. The number of nitrogens with zero attached hydrogens (tertiary/aromatic N) is 2. The van der Waals surface area contributed by atoms with Gasteiger partial charge in [0.15, 0.2) is 5.82 Å². The van der Waals surface area contributed by atoms with Gasteiger partial charge in [0.2, 0.25) is 0 Å². The maximum absolute atomic E-state index is 12.7. The topological polar surface area (TPSA) is 73.2 Å². The molecule has 1 heterocycles. The van der Waals surface area contributed by atoms with Crippen LogP contribution in [0.4, 0.5) is 5.82 Å². The van der Waals surface area contributed by atoms with Gasteiger partial charge in [-0.1, -0.05) is 30.3 Å². The van der Waals surface area contributed by atoms with E-state index in [2.05, 4.69) is 33.0 Å². The molecule has 0 saturated carbocycles. The number of rotatable bonds is 5. The Bertz CT molecular complexity index is 938. The molecule has 0 spiro atoms. The van der Waals surface area contributed by atoms with Crippen molar-refractivity contribution < 1.29 is 14.3 Å². The van der Waals surface area contributed by atoms with Gasteiger partial charge in [-0.05, 0) is 53.8 Å². The Kier molecular flexibility index (Phi) is 5.67. The molecule has 0 unspecified atom stereocenters. The largest absolute Gasteiger partial charge is 0.462 e. The molecule has 3 rings (SSSR count). The number of ether oxygens (including phenoxy) is 1. The van der Waals surface area contributed by atoms with Crippen molar-refractivity contribution in [3.63, 3.8) is 0 Å². The van der Waals surface area contributed by atoms with Crippen molar-refractivity contribution in [2.75, 3.05) is 11.9 Å². The standard InChI is InChI=1S/C19H16IN3O3/c1-2-26-19(25)15-12-21-23(13-8-4-3-5-9-13)17(15)22-18(24)14-10-6-7-11-16(14)20/h3-12H,2H2,1H3,(H,22,24). The lowest BCUT2D eigenvalue weighted by atomic mass is 10.2. The SMILES string of the molecule is CCOC(=O)c1cnn(-c2ccccc2)c1NC(=O)c1ccccc1I. The molecule has 1 aromatic heterocycles. The molecule has 0 aliphatic rings. The summed E-state index contributed by atoms with van der Waals surface area (Å²) in [7, 11) is 0. The van der Waals surface area contributed by atoms with Crippen molar-refractivity contribution in [3.05, 3.63) is 75.5 Å². The average molecular weight is 461 g/mol. The molecule has 1 N–H and O–H groups in total. The first-order valence-electron chi connectivity index (χ1n) is 7.98. The second-order valence-corrected chi connectivity index (χ2v) is 6.47. The minimum atomic E-state index is -0.535. The molecular weight excluding hydrogens is 445 g/mol. The number of hydrogen-bond acceptors (Lipinski definition) is 4. The molecule has 0 aliphatic heterocycles. The summed E-state index contributed by atoms with van der Waals surface area (Å²) in [6.45, 7) is 1.96. The van der Waals surface area contributed by atoms with E-state index in [-0.39, 0.29) is 23.9 Å². The maximum atomic E-state index is 12.7. The van der Waals surface area contributed by atoms with E-state index in [1.165, 1.54) is 10.9 Å². The fraction of sp³-hybridized carbons (Fsp3) is 0.105. The van der Waals surface area contributed by atoms with Crippen molar-refractivity contribution in [2.24, 2.45) is 0 Å².